The Morgan fingerprint density at radius 3 is 2.62 bits per heavy atom. The second-order valence-electron chi connectivity index (χ2n) is 4.51. The van der Waals surface area contributed by atoms with Crippen molar-refractivity contribution in [2.45, 2.75) is 6.92 Å². The molecule has 1 heterocycles. The molecule has 0 unspecified atom stereocenters. The lowest BCUT2D eigenvalue weighted by molar-refractivity contribution is 0.0735. The van der Waals surface area contributed by atoms with Crippen LogP contribution >= 0.6 is 0 Å². The molecule has 0 saturated heterocycles. The van der Waals surface area contributed by atoms with Gasteiger partial charge in [-0.25, -0.2) is 9.48 Å². The van der Waals surface area contributed by atoms with Gasteiger partial charge in [0.1, 0.15) is 12.1 Å². The fourth-order valence-corrected chi connectivity index (χ4v) is 1.87. The van der Waals surface area contributed by atoms with Crippen LogP contribution in [0.25, 0.3) is 5.69 Å². The number of tetrazole rings is 1. The third kappa shape index (κ3) is 2.94. The molecular formula is C15H12N4O2. The van der Waals surface area contributed by atoms with E-state index in [1.165, 1.54) is 11.0 Å². The van der Waals surface area contributed by atoms with E-state index in [0.29, 0.717) is 11.3 Å². The molecule has 0 aliphatic heterocycles. The maximum atomic E-state index is 12.1. The third-order valence-electron chi connectivity index (χ3n) is 2.92. The van der Waals surface area contributed by atoms with Crippen molar-refractivity contribution < 1.29 is 9.53 Å². The molecule has 0 fully saturated rings. The van der Waals surface area contributed by atoms with Crippen molar-refractivity contribution in [2.24, 2.45) is 0 Å². The number of aryl methyl sites for hydroxylation is 1. The molecule has 1 aromatic heterocycles. The summed E-state index contributed by atoms with van der Waals surface area (Å²) < 4.78 is 6.84. The third-order valence-corrected chi connectivity index (χ3v) is 2.92. The van der Waals surface area contributed by atoms with E-state index >= 15 is 0 Å². The first-order chi connectivity index (χ1) is 10.2. The molecule has 0 aliphatic carbocycles. The zero-order chi connectivity index (χ0) is 14.7. The molecule has 0 N–H and O–H groups in total. The molecule has 21 heavy (non-hydrogen) atoms. The van der Waals surface area contributed by atoms with Crippen LogP contribution in [-0.2, 0) is 0 Å². The zero-order valence-corrected chi connectivity index (χ0v) is 11.3. The molecule has 0 spiro atoms. The van der Waals surface area contributed by atoms with E-state index in [-0.39, 0.29) is 0 Å². The lowest BCUT2D eigenvalue weighted by atomic mass is 10.2. The molecule has 6 nitrogen and oxygen atoms in total. The van der Waals surface area contributed by atoms with Crippen molar-refractivity contribution in [1.29, 1.82) is 0 Å². The summed E-state index contributed by atoms with van der Waals surface area (Å²) in [6, 6.07) is 14.2. The van der Waals surface area contributed by atoms with Gasteiger partial charge in [0.25, 0.3) is 0 Å². The molecule has 3 rings (SSSR count). The van der Waals surface area contributed by atoms with Crippen LogP contribution in [0, 0.1) is 6.92 Å². The quantitative estimate of drug-likeness (QED) is 0.543. The first-order valence-electron chi connectivity index (χ1n) is 6.35. The van der Waals surface area contributed by atoms with Crippen LogP contribution in [0.15, 0.2) is 54.9 Å². The highest BCUT2D eigenvalue weighted by Crippen LogP contribution is 2.15. The normalized spacial score (nSPS) is 10.3. The Morgan fingerprint density at radius 2 is 1.95 bits per heavy atom. The summed E-state index contributed by atoms with van der Waals surface area (Å²) in [5, 5.41) is 10.9. The van der Waals surface area contributed by atoms with Crippen LogP contribution in [0.4, 0.5) is 0 Å². The van der Waals surface area contributed by atoms with Gasteiger partial charge in [-0.3, -0.25) is 0 Å². The largest absolute Gasteiger partial charge is 0.423 e. The van der Waals surface area contributed by atoms with Crippen molar-refractivity contribution in [1.82, 2.24) is 20.2 Å². The van der Waals surface area contributed by atoms with Crippen molar-refractivity contribution in [3.8, 4) is 11.4 Å². The Morgan fingerprint density at radius 1 is 1.14 bits per heavy atom. The number of esters is 1. The smallest absolute Gasteiger partial charge is 0.343 e. The number of hydrogen-bond donors (Lipinski definition) is 0. The summed E-state index contributed by atoms with van der Waals surface area (Å²) in [4.78, 5) is 12.1. The first-order valence-corrected chi connectivity index (χ1v) is 6.35. The van der Waals surface area contributed by atoms with Gasteiger partial charge in [0, 0.05) is 0 Å². The molecular weight excluding hydrogens is 268 g/mol. The molecule has 0 radical (unpaired) electrons. The number of carbonyl (C=O) groups excluding carboxylic acids is 1. The van der Waals surface area contributed by atoms with Crippen molar-refractivity contribution in [3.63, 3.8) is 0 Å². The molecule has 0 aliphatic rings. The Balaban J connectivity index is 1.76. The van der Waals surface area contributed by atoms with E-state index in [9.17, 15) is 4.79 Å². The fraction of sp³-hybridized carbons (Fsp3) is 0.0667. The van der Waals surface area contributed by atoms with Gasteiger partial charge in [-0.2, -0.15) is 0 Å². The highest BCUT2D eigenvalue weighted by Gasteiger charge is 2.09. The van der Waals surface area contributed by atoms with Gasteiger partial charge in [-0.15, -0.1) is 5.10 Å². The highest BCUT2D eigenvalue weighted by molar-refractivity contribution is 5.91. The first kappa shape index (κ1) is 13.0. The Labute approximate surface area is 121 Å². The molecule has 0 saturated carbocycles. The SMILES string of the molecule is Cc1cccc(OC(=O)c2ccc(-n3cnnn3)cc2)c1. The summed E-state index contributed by atoms with van der Waals surface area (Å²) in [5.74, 6) is 0.133. The van der Waals surface area contributed by atoms with Gasteiger partial charge >= 0.3 is 5.97 Å². The average Bonchev–Trinajstić information content (AvgIpc) is 3.01. The minimum atomic E-state index is -0.399. The van der Waals surface area contributed by atoms with Gasteiger partial charge in [-0.05, 0) is 59.3 Å². The van der Waals surface area contributed by atoms with Crippen molar-refractivity contribution in [3.05, 3.63) is 66.0 Å². The Bertz CT molecular complexity index is 752. The van der Waals surface area contributed by atoms with Crippen LogP contribution in [-0.4, -0.2) is 26.2 Å². The highest BCUT2D eigenvalue weighted by atomic mass is 16.5. The summed E-state index contributed by atoms with van der Waals surface area (Å²) >= 11 is 0. The Hall–Kier alpha value is -3.02. The van der Waals surface area contributed by atoms with Crippen LogP contribution < -0.4 is 4.74 Å². The van der Waals surface area contributed by atoms with Gasteiger partial charge in [0.15, 0.2) is 0 Å². The van der Waals surface area contributed by atoms with E-state index < -0.39 is 5.97 Å². The average molecular weight is 280 g/mol. The van der Waals surface area contributed by atoms with E-state index in [1.54, 1.807) is 30.3 Å². The van der Waals surface area contributed by atoms with E-state index in [1.807, 2.05) is 25.1 Å². The van der Waals surface area contributed by atoms with Crippen molar-refractivity contribution >= 4 is 5.97 Å². The zero-order valence-electron chi connectivity index (χ0n) is 11.3. The molecule has 2 aromatic carbocycles. The Kier molecular flexibility index (Phi) is 3.42. The monoisotopic (exact) mass is 280 g/mol. The van der Waals surface area contributed by atoms with Gasteiger partial charge < -0.3 is 4.74 Å². The number of aromatic nitrogens is 4. The topological polar surface area (TPSA) is 69.9 Å². The second-order valence-corrected chi connectivity index (χ2v) is 4.51. The molecule has 0 atom stereocenters. The van der Waals surface area contributed by atoms with E-state index in [4.69, 9.17) is 4.74 Å². The van der Waals surface area contributed by atoms with Crippen molar-refractivity contribution in [2.75, 3.05) is 0 Å². The van der Waals surface area contributed by atoms with Crippen LogP contribution in [0.1, 0.15) is 15.9 Å². The number of nitrogens with zero attached hydrogens (tertiary/aromatic N) is 4. The summed E-state index contributed by atoms with van der Waals surface area (Å²) in [5.41, 5.74) is 2.27. The van der Waals surface area contributed by atoms with Gasteiger partial charge in [0.2, 0.25) is 0 Å². The molecule has 3 aromatic rings. The summed E-state index contributed by atoms with van der Waals surface area (Å²) in [6.45, 7) is 1.94. The molecule has 0 bridgehead atoms. The lowest BCUT2D eigenvalue weighted by Crippen LogP contribution is -2.08. The predicted octanol–water partition coefficient (Wildman–Crippen LogP) is 2.19. The maximum absolute atomic E-state index is 12.1. The minimum Gasteiger partial charge on any atom is -0.423 e. The number of benzene rings is 2. The lowest BCUT2D eigenvalue weighted by Gasteiger charge is -2.05. The summed E-state index contributed by atoms with van der Waals surface area (Å²) in [6.07, 6.45) is 1.49. The second kappa shape index (κ2) is 5.54. The number of ether oxygens (including phenoxy) is 1. The van der Waals surface area contributed by atoms with Gasteiger partial charge in [-0.1, -0.05) is 12.1 Å². The summed E-state index contributed by atoms with van der Waals surface area (Å²) in [7, 11) is 0. The minimum absolute atomic E-state index is 0.399. The standard InChI is InChI=1S/C15H12N4O2/c1-11-3-2-4-14(9-11)21-15(20)12-5-7-13(8-6-12)19-10-16-17-18-19/h2-10H,1H3. The van der Waals surface area contributed by atoms with Crippen LogP contribution in [0.5, 0.6) is 5.75 Å². The fourth-order valence-electron chi connectivity index (χ4n) is 1.87. The number of hydrogen-bond acceptors (Lipinski definition) is 5. The number of rotatable bonds is 3. The van der Waals surface area contributed by atoms with Crippen LogP contribution in [0.3, 0.4) is 0 Å². The van der Waals surface area contributed by atoms with E-state index in [0.717, 1.165) is 11.3 Å². The number of carbonyl (C=O) groups is 1. The van der Waals surface area contributed by atoms with E-state index in [2.05, 4.69) is 15.5 Å². The molecule has 6 heteroatoms. The maximum Gasteiger partial charge on any atom is 0.343 e. The molecule has 0 amide bonds. The molecule has 104 valence electrons. The van der Waals surface area contributed by atoms with Crippen LogP contribution in [0.2, 0.25) is 0 Å². The predicted molar refractivity (Wildman–Crippen MR) is 75.3 cm³/mol. The van der Waals surface area contributed by atoms with Gasteiger partial charge in [0.05, 0.1) is 11.3 Å².